The van der Waals surface area contributed by atoms with Gasteiger partial charge in [0.05, 0.1) is 6.10 Å². The average Bonchev–Trinajstić information content (AvgIpc) is 2.38. The van der Waals surface area contributed by atoms with Gasteiger partial charge in [-0.2, -0.15) is 0 Å². The number of nitrogens with two attached hydrogens (primary N) is 1. The van der Waals surface area contributed by atoms with Gasteiger partial charge in [0.2, 0.25) is 0 Å². The van der Waals surface area contributed by atoms with E-state index in [4.69, 9.17) is 10.5 Å². The van der Waals surface area contributed by atoms with E-state index >= 15 is 0 Å². The molecule has 0 spiro atoms. The first kappa shape index (κ1) is 14.3. The van der Waals surface area contributed by atoms with Gasteiger partial charge in [0.1, 0.15) is 0 Å². The Morgan fingerprint density at radius 3 is 2.33 bits per heavy atom. The van der Waals surface area contributed by atoms with Crippen LogP contribution in [0.3, 0.4) is 0 Å². The van der Waals surface area contributed by atoms with Crippen LogP contribution >= 0.6 is 0 Å². The second kappa shape index (κ2) is 7.46. The van der Waals surface area contributed by atoms with Crippen LogP contribution < -0.4 is 5.73 Å². The van der Waals surface area contributed by atoms with Crippen LogP contribution in [-0.4, -0.2) is 43.3 Å². The number of nitrogens with zero attached hydrogens (tertiary/aromatic N) is 1. The topological polar surface area (TPSA) is 38.5 Å². The summed E-state index contributed by atoms with van der Waals surface area (Å²) in [6.45, 7) is 1.97. The van der Waals surface area contributed by atoms with Gasteiger partial charge in [-0.25, -0.2) is 0 Å². The molecule has 1 saturated carbocycles. The maximum Gasteiger partial charge on any atom is 0.0599 e. The summed E-state index contributed by atoms with van der Waals surface area (Å²) in [6.07, 6.45) is 12.6. The fourth-order valence-electron chi connectivity index (χ4n) is 3.72. The molecular weight excluding hydrogens is 224 g/mol. The predicted molar refractivity (Wildman–Crippen MR) is 75.7 cm³/mol. The molecule has 1 heterocycles. The molecule has 0 aromatic heterocycles. The first-order valence-corrected chi connectivity index (χ1v) is 7.83. The van der Waals surface area contributed by atoms with E-state index in [1.807, 2.05) is 7.11 Å². The zero-order chi connectivity index (χ0) is 12.8. The molecule has 3 nitrogen and oxygen atoms in total. The van der Waals surface area contributed by atoms with Gasteiger partial charge in [-0.15, -0.1) is 0 Å². The van der Waals surface area contributed by atoms with E-state index in [-0.39, 0.29) is 0 Å². The lowest BCUT2D eigenvalue weighted by molar-refractivity contribution is -0.00881. The van der Waals surface area contributed by atoms with Gasteiger partial charge in [0, 0.05) is 32.3 Å². The van der Waals surface area contributed by atoms with Gasteiger partial charge < -0.3 is 10.5 Å². The molecule has 0 aromatic rings. The van der Waals surface area contributed by atoms with Crippen molar-refractivity contribution >= 4 is 0 Å². The molecule has 2 rings (SSSR count). The number of hydrogen-bond donors (Lipinski definition) is 1. The molecule has 0 bridgehead atoms. The summed E-state index contributed by atoms with van der Waals surface area (Å²) in [5, 5.41) is 0. The summed E-state index contributed by atoms with van der Waals surface area (Å²) in [5.41, 5.74) is 5.99. The van der Waals surface area contributed by atoms with Crippen LogP contribution in [0, 0.1) is 0 Å². The minimum atomic E-state index is 0.434. The second-order valence-corrected chi connectivity index (χ2v) is 6.01. The van der Waals surface area contributed by atoms with E-state index in [1.165, 1.54) is 57.9 Å². The summed E-state index contributed by atoms with van der Waals surface area (Å²) in [7, 11) is 1.84. The molecule has 2 N–H and O–H groups in total. The fourth-order valence-corrected chi connectivity index (χ4v) is 3.72. The Hall–Kier alpha value is -0.120. The molecule has 2 atom stereocenters. The lowest BCUT2D eigenvalue weighted by atomic mass is 9.91. The third kappa shape index (κ3) is 3.69. The SMILES string of the molecule is COC1CCN(C2CCCCCCC2)C(CN)C1. The summed E-state index contributed by atoms with van der Waals surface area (Å²) >= 11 is 0. The number of rotatable bonds is 3. The second-order valence-electron chi connectivity index (χ2n) is 6.01. The van der Waals surface area contributed by atoms with Crippen LogP contribution in [0.15, 0.2) is 0 Å². The lowest BCUT2D eigenvalue weighted by Gasteiger charge is -2.43. The molecule has 1 aliphatic heterocycles. The molecule has 0 amide bonds. The van der Waals surface area contributed by atoms with Gasteiger partial charge in [0.15, 0.2) is 0 Å². The smallest absolute Gasteiger partial charge is 0.0599 e. The van der Waals surface area contributed by atoms with Gasteiger partial charge >= 0.3 is 0 Å². The van der Waals surface area contributed by atoms with Crippen LogP contribution in [0.2, 0.25) is 0 Å². The van der Waals surface area contributed by atoms with Crippen molar-refractivity contribution < 1.29 is 4.74 Å². The minimum absolute atomic E-state index is 0.434. The zero-order valence-corrected chi connectivity index (χ0v) is 11.9. The third-order valence-electron chi connectivity index (χ3n) is 4.86. The predicted octanol–water partition coefficient (Wildman–Crippen LogP) is 2.54. The van der Waals surface area contributed by atoms with Crippen molar-refractivity contribution in [1.29, 1.82) is 0 Å². The third-order valence-corrected chi connectivity index (χ3v) is 4.86. The van der Waals surface area contributed by atoms with Crippen molar-refractivity contribution in [2.24, 2.45) is 5.73 Å². The Kier molecular flexibility index (Phi) is 5.93. The first-order chi connectivity index (χ1) is 8.85. The highest BCUT2D eigenvalue weighted by atomic mass is 16.5. The van der Waals surface area contributed by atoms with Gasteiger partial charge in [-0.1, -0.05) is 32.1 Å². The Morgan fingerprint density at radius 1 is 1.06 bits per heavy atom. The quantitative estimate of drug-likeness (QED) is 0.841. The molecule has 1 saturated heterocycles. The molecule has 2 unspecified atom stereocenters. The molecule has 2 aliphatic rings. The van der Waals surface area contributed by atoms with Crippen LogP contribution in [0.25, 0.3) is 0 Å². The molecular formula is C15H30N2O. The summed E-state index contributed by atoms with van der Waals surface area (Å²) in [6, 6.07) is 1.34. The number of methoxy groups -OCH3 is 1. The normalized spacial score (nSPS) is 33.0. The van der Waals surface area contributed by atoms with Crippen molar-refractivity contribution in [3.8, 4) is 0 Å². The highest BCUT2D eigenvalue weighted by Gasteiger charge is 2.31. The maximum atomic E-state index is 5.99. The fraction of sp³-hybridized carbons (Fsp3) is 1.00. The molecule has 2 fully saturated rings. The van der Waals surface area contributed by atoms with Crippen molar-refractivity contribution in [2.45, 2.75) is 76.0 Å². The van der Waals surface area contributed by atoms with Crippen LogP contribution in [0.4, 0.5) is 0 Å². The Bertz CT molecular complexity index is 227. The van der Waals surface area contributed by atoms with E-state index in [1.54, 1.807) is 0 Å². The summed E-state index contributed by atoms with van der Waals surface area (Å²) in [4.78, 5) is 2.71. The number of piperidine rings is 1. The van der Waals surface area contributed by atoms with Crippen molar-refractivity contribution in [3.63, 3.8) is 0 Å². The van der Waals surface area contributed by atoms with Gasteiger partial charge in [-0.05, 0) is 25.7 Å². The van der Waals surface area contributed by atoms with Crippen molar-refractivity contribution in [1.82, 2.24) is 4.90 Å². The van der Waals surface area contributed by atoms with Crippen LogP contribution in [0.5, 0.6) is 0 Å². The van der Waals surface area contributed by atoms with Gasteiger partial charge in [-0.3, -0.25) is 4.90 Å². The lowest BCUT2D eigenvalue weighted by Crippen LogP contribution is -2.53. The molecule has 0 aromatic carbocycles. The zero-order valence-electron chi connectivity index (χ0n) is 11.9. The van der Waals surface area contributed by atoms with E-state index in [2.05, 4.69) is 4.90 Å². The monoisotopic (exact) mass is 254 g/mol. The Morgan fingerprint density at radius 2 is 1.72 bits per heavy atom. The molecule has 3 heteroatoms. The molecule has 106 valence electrons. The highest BCUT2D eigenvalue weighted by molar-refractivity contribution is 4.87. The largest absolute Gasteiger partial charge is 0.381 e. The first-order valence-electron chi connectivity index (χ1n) is 7.83. The maximum absolute atomic E-state index is 5.99. The highest BCUT2D eigenvalue weighted by Crippen LogP contribution is 2.28. The Balaban J connectivity index is 1.92. The Labute approximate surface area is 112 Å². The van der Waals surface area contributed by atoms with Crippen molar-refractivity contribution in [3.05, 3.63) is 0 Å². The number of ether oxygens (including phenoxy) is 1. The molecule has 1 aliphatic carbocycles. The van der Waals surface area contributed by atoms with Crippen molar-refractivity contribution in [2.75, 3.05) is 20.2 Å². The van der Waals surface area contributed by atoms with E-state index in [9.17, 15) is 0 Å². The number of likely N-dealkylation sites (tertiary alicyclic amines) is 1. The van der Waals surface area contributed by atoms with E-state index in [0.29, 0.717) is 12.1 Å². The van der Waals surface area contributed by atoms with E-state index in [0.717, 1.165) is 19.0 Å². The minimum Gasteiger partial charge on any atom is -0.381 e. The number of hydrogen-bond acceptors (Lipinski definition) is 3. The van der Waals surface area contributed by atoms with Gasteiger partial charge in [0.25, 0.3) is 0 Å². The van der Waals surface area contributed by atoms with Crippen LogP contribution in [0.1, 0.15) is 57.8 Å². The standard InChI is InChI=1S/C15H30N2O/c1-18-15-9-10-17(14(11-15)12-16)13-7-5-3-2-4-6-8-13/h13-15H,2-12,16H2,1H3. The molecule has 18 heavy (non-hydrogen) atoms. The van der Waals surface area contributed by atoms with E-state index < -0.39 is 0 Å². The summed E-state index contributed by atoms with van der Waals surface area (Å²) in [5.74, 6) is 0. The average molecular weight is 254 g/mol. The van der Waals surface area contributed by atoms with Crippen LogP contribution in [-0.2, 0) is 4.74 Å². The summed E-state index contributed by atoms with van der Waals surface area (Å²) < 4.78 is 5.52. The molecule has 0 radical (unpaired) electrons.